The molecule has 1 atom stereocenters. The number of aromatic nitrogens is 3. The number of urea groups is 1. The molecule has 0 spiro atoms. The highest BCUT2D eigenvalue weighted by Gasteiger charge is 2.40. The summed E-state index contributed by atoms with van der Waals surface area (Å²) in [6.45, 7) is 0.268. The van der Waals surface area contributed by atoms with Crippen molar-refractivity contribution in [1.29, 1.82) is 0 Å². The molecule has 1 unspecified atom stereocenters. The highest BCUT2D eigenvalue weighted by Crippen LogP contribution is 2.44. The first kappa shape index (κ1) is 15.8. The van der Waals surface area contributed by atoms with Gasteiger partial charge >= 0.3 is 12.2 Å². The molecule has 2 amide bonds. The number of rotatable bonds is 3. The quantitative estimate of drug-likeness (QED) is 0.925. The van der Waals surface area contributed by atoms with Gasteiger partial charge in [0.15, 0.2) is 0 Å². The fraction of sp³-hybridized carbons (Fsp3) is 0.375. The third-order valence-electron chi connectivity index (χ3n) is 4.39. The number of nitrogens with zero attached hydrogens (tertiary/aromatic N) is 4. The molecule has 6 nitrogen and oxygen atoms in total. The van der Waals surface area contributed by atoms with Gasteiger partial charge in [0.25, 0.3) is 0 Å². The second-order valence-electron chi connectivity index (χ2n) is 6.09. The Bertz CT molecular complexity index is 821. The van der Waals surface area contributed by atoms with Gasteiger partial charge < -0.3 is 5.32 Å². The highest BCUT2D eigenvalue weighted by molar-refractivity contribution is 5.93. The van der Waals surface area contributed by atoms with Gasteiger partial charge in [0.05, 0.1) is 6.04 Å². The molecule has 2 aromatic heterocycles. The van der Waals surface area contributed by atoms with E-state index in [0.717, 1.165) is 36.2 Å². The molecule has 0 radical (unpaired) electrons. The van der Waals surface area contributed by atoms with Crippen LogP contribution in [0.3, 0.4) is 0 Å². The summed E-state index contributed by atoms with van der Waals surface area (Å²) < 4.78 is 38.8. The first-order valence-corrected chi connectivity index (χ1v) is 7.86. The molecule has 3 heterocycles. The summed E-state index contributed by atoms with van der Waals surface area (Å²) in [4.78, 5) is 25.0. The number of hydrogen-bond donors (Lipinski definition) is 1. The Balaban J connectivity index is 1.74. The van der Waals surface area contributed by atoms with Crippen molar-refractivity contribution in [3.63, 3.8) is 0 Å². The van der Waals surface area contributed by atoms with Crippen molar-refractivity contribution in [1.82, 2.24) is 20.3 Å². The van der Waals surface area contributed by atoms with E-state index in [-0.39, 0.29) is 12.5 Å². The van der Waals surface area contributed by atoms with Gasteiger partial charge in [0, 0.05) is 25.1 Å². The van der Waals surface area contributed by atoms with Crippen molar-refractivity contribution in [2.45, 2.75) is 31.0 Å². The second-order valence-corrected chi connectivity index (χ2v) is 6.09. The van der Waals surface area contributed by atoms with Crippen LogP contribution in [0.4, 0.5) is 23.9 Å². The number of pyridine rings is 1. The smallest absolute Gasteiger partial charge is 0.335 e. The molecule has 130 valence electrons. The van der Waals surface area contributed by atoms with E-state index in [0.29, 0.717) is 5.92 Å². The Morgan fingerprint density at radius 2 is 1.96 bits per heavy atom. The molecule has 25 heavy (non-hydrogen) atoms. The summed E-state index contributed by atoms with van der Waals surface area (Å²) in [5, 5.41) is 2.66. The summed E-state index contributed by atoms with van der Waals surface area (Å²) in [5.41, 5.74) is 0.822. The highest BCUT2D eigenvalue weighted by atomic mass is 19.4. The second kappa shape index (κ2) is 5.68. The van der Waals surface area contributed by atoms with E-state index < -0.39 is 23.9 Å². The fourth-order valence-electron chi connectivity index (χ4n) is 3.07. The molecule has 2 fully saturated rings. The SMILES string of the molecule is O=C1NCC(c2cnccc2C2CC2)N1c1nccc(C(F)(F)F)n1. The van der Waals surface area contributed by atoms with Crippen LogP contribution in [-0.4, -0.2) is 27.5 Å². The third kappa shape index (κ3) is 2.90. The van der Waals surface area contributed by atoms with Crippen molar-refractivity contribution in [3.8, 4) is 0 Å². The molecule has 2 aliphatic rings. The molecule has 9 heteroatoms. The van der Waals surface area contributed by atoms with Crippen LogP contribution in [0, 0.1) is 0 Å². The van der Waals surface area contributed by atoms with Gasteiger partial charge in [-0.05, 0) is 42.0 Å². The number of hydrogen-bond acceptors (Lipinski definition) is 4. The molecule has 0 aromatic carbocycles. The number of nitrogens with one attached hydrogen (secondary N) is 1. The maximum Gasteiger partial charge on any atom is 0.433 e. The van der Waals surface area contributed by atoms with Gasteiger partial charge in [-0.1, -0.05) is 0 Å². The average Bonchev–Trinajstić information content (AvgIpc) is 3.36. The predicted octanol–water partition coefficient (Wildman–Crippen LogP) is 3.04. The summed E-state index contributed by atoms with van der Waals surface area (Å²) >= 11 is 0. The van der Waals surface area contributed by atoms with Crippen molar-refractivity contribution >= 4 is 12.0 Å². The predicted molar refractivity (Wildman–Crippen MR) is 81.9 cm³/mol. The lowest BCUT2D eigenvalue weighted by molar-refractivity contribution is -0.141. The molecule has 4 rings (SSSR count). The Kier molecular flexibility index (Phi) is 3.59. The average molecular weight is 349 g/mol. The third-order valence-corrected chi connectivity index (χ3v) is 4.39. The summed E-state index contributed by atoms with van der Waals surface area (Å²) in [6.07, 6.45) is 1.89. The molecule has 1 aliphatic heterocycles. The Morgan fingerprint density at radius 1 is 1.16 bits per heavy atom. The van der Waals surface area contributed by atoms with Crippen LogP contribution < -0.4 is 10.2 Å². The Morgan fingerprint density at radius 3 is 2.68 bits per heavy atom. The van der Waals surface area contributed by atoms with Gasteiger partial charge in [0.2, 0.25) is 5.95 Å². The summed E-state index contributed by atoms with van der Waals surface area (Å²) in [5.74, 6) is 0.151. The van der Waals surface area contributed by atoms with Crippen molar-refractivity contribution in [2.75, 3.05) is 11.4 Å². The number of anilines is 1. The fourth-order valence-corrected chi connectivity index (χ4v) is 3.07. The lowest BCUT2D eigenvalue weighted by atomic mass is 9.99. The van der Waals surface area contributed by atoms with Gasteiger partial charge in [0.1, 0.15) is 5.69 Å². The lowest BCUT2D eigenvalue weighted by Gasteiger charge is -2.23. The van der Waals surface area contributed by atoms with E-state index in [1.54, 1.807) is 12.4 Å². The van der Waals surface area contributed by atoms with Crippen molar-refractivity contribution in [3.05, 3.63) is 47.5 Å². The summed E-state index contributed by atoms with van der Waals surface area (Å²) in [6, 6.07) is 1.68. The normalized spacial score (nSPS) is 20.7. The first-order chi connectivity index (χ1) is 11.9. The zero-order valence-electron chi connectivity index (χ0n) is 13.0. The maximum absolute atomic E-state index is 12.9. The number of carbonyl (C=O) groups excluding carboxylic acids is 1. The largest absolute Gasteiger partial charge is 0.433 e. The molecule has 1 saturated carbocycles. The van der Waals surface area contributed by atoms with Crippen LogP contribution >= 0.6 is 0 Å². The van der Waals surface area contributed by atoms with Crippen molar-refractivity contribution < 1.29 is 18.0 Å². The molecule has 1 saturated heterocycles. The number of halogens is 3. The summed E-state index contributed by atoms with van der Waals surface area (Å²) in [7, 11) is 0. The number of carbonyl (C=O) groups is 1. The van der Waals surface area contributed by atoms with E-state index in [9.17, 15) is 18.0 Å². The zero-order valence-corrected chi connectivity index (χ0v) is 13.0. The zero-order chi connectivity index (χ0) is 17.6. The minimum atomic E-state index is -4.60. The maximum atomic E-state index is 12.9. The molecular formula is C16H14F3N5O. The van der Waals surface area contributed by atoms with Crippen LogP contribution in [0.15, 0.2) is 30.7 Å². The van der Waals surface area contributed by atoms with E-state index in [2.05, 4.69) is 20.3 Å². The Labute approximate surface area is 141 Å². The van der Waals surface area contributed by atoms with Crippen LogP contribution in [0.1, 0.15) is 41.6 Å². The molecule has 1 aliphatic carbocycles. The Hall–Kier alpha value is -2.71. The van der Waals surface area contributed by atoms with Crippen LogP contribution in [0.2, 0.25) is 0 Å². The van der Waals surface area contributed by atoms with Crippen LogP contribution in [-0.2, 0) is 6.18 Å². The van der Waals surface area contributed by atoms with Gasteiger partial charge in [-0.2, -0.15) is 13.2 Å². The van der Waals surface area contributed by atoms with E-state index in [1.165, 1.54) is 4.90 Å². The molecule has 2 aromatic rings. The minimum Gasteiger partial charge on any atom is -0.335 e. The van der Waals surface area contributed by atoms with Gasteiger partial charge in [-0.25, -0.2) is 14.8 Å². The number of alkyl halides is 3. The van der Waals surface area contributed by atoms with Gasteiger partial charge in [-0.3, -0.25) is 9.88 Å². The topological polar surface area (TPSA) is 71.0 Å². The van der Waals surface area contributed by atoms with E-state index in [1.807, 2.05) is 6.07 Å². The van der Waals surface area contributed by atoms with Crippen LogP contribution in [0.5, 0.6) is 0 Å². The van der Waals surface area contributed by atoms with Gasteiger partial charge in [-0.15, -0.1) is 0 Å². The lowest BCUT2D eigenvalue weighted by Crippen LogP contribution is -2.32. The van der Waals surface area contributed by atoms with Crippen molar-refractivity contribution in [2.24, 2.45) is 0 Å². The molecular weight excluding hydrogens is 335 g/mol. The monoisotopic (exact) mass is 349 g/mol. The standard InChI is InChI=1S/C16H14F3N5O/c17-16(18,19)13-4-6-21-14(23-13)24-12(8-22-15(24)25)11-7-20-5-3-10(11)9-1-2-9/h3-7,9,12H,1-2,8H2,(H,22,25). The van der Waals surface area contributed by atoms with Crippen LogP contribution in [0.25, 0.3) is 0 Å². The first-order valence-electron chi connectivity index (χ1n) is 7.86. The molecule has 1 N–H and O–H groups in total. The minimum absolute atomic E-state index is 0.263. The number of amides is 2. The van der Waals surface area contributed by atoms with E-state index >= 15 is 0 Å². The van der Waals surface area contributed by atoms with E-state index in [4.69, 9.17) is 0 Å². The molecule has 0 bridgehead atoms.